The molecule has 0 bridgehead atoms. The van der Waals surface area contributed by atoms with Gasteiger partial charge in [0.15, 0.2) is 5.79 Å². The van der Waals surface area contributed by atoms with Gasteiger partial charge in [0.2, 0.25) is 0 Å². The Labute approximate surface area is 166 Å². The summed E-state index contributed by atoms with van der Waals surface area (Å²) in [5.74, 6) is -0.992. The predicted molar refractivity (Wildman–Crippen MR) is 99.7 cm³/mol. The van der Waals surface area contributed by atoms with Crippen LogP contribution in [-0.2, 0) is 18.9 Å². The van der Waals surface area contributed by atoms with Gasteiger partial charge in [-0.15, -0.1) is 0 Å². The molecule has 2 fully saturated rings. The fourth-order valence-corrected chi connectivity index (χ4v) is 3.26. The molecule has 2 saturated heterocycles. The molecular weight excluding hydrogens is 371 g/mol. The van der Waals surface area contributed by atoms with Gasteiger partial charge in [0.05, 0.1) is 12.6 Å². The van der Waals surface area contributed by atoms with E-state index in [1.165, 1.54) is 4.90 Å². The number of halogens is 1. The first-order valence-electron chi connectivity index (χ1n) is 9.54. The van der Waals surface area contributed by atoms with Gasteiger partial charge in [-0.25, -0.2) is 14.0 Å². The van der Waals surface area contributed by atoms with E-state index in [1.807, 2.05) is 0 Å². The van der Waals surface area contributed by atoms with Crippen molar-refractivity contribution in [2.45, 2.75) is 96.8 Å². The molecule has 162 valence electrons. The largest absolute Gasteiger partial charge is 0.444 e. The first kappa shape index (κ1) is 22.7. The minimum atomic E-state index is -1.43. The Balaban J connectivity index is 2.19. The highest BCUT2D eigenvalue weighted by Crippen LogP contribution is 2.38. The summed E-state index contributed by atoms with van der Waals surface area (Å²) < 4.78 is 37.0. The second-order valence-corrected chi connectivity index (χ2v) is 9.66. The number of hydrogen-bond donors (Lipinski definition) is 1. The third-order valence-electron chi connectivity index (χ3n) is 4.15. The number of rotatable bonds is 2. The van der Waals surface area contributed by atoms with Gasteiger partial charge in [-0.05, 0) is 55.4 Å². The molecule has 0 unspecified atom stereocenters. The Morgan fingerprint density at radius 3 is 2.14 bits per heavy atom. The number of alkyl carbamates (subject to hydrolysis) is 1. The van der Waals surface area contributed by atoms with E-state index < -0.39 is 53.6 Å². The molecule has 0 aromatic rings. The molecular formula is C19H33FN2O6. The van der Waals surface area contributed by atoms with Crippen LogP contribution in [0.1, 0.15) is 55.4 Å². The van der Waals surface area contributed by atoms with E-state index >= 15 is 0 Å². The maximum absolute atomic E-state index is 14.8. The number of alkyl halides is 1. The van der Waals surface area contributed by atoms with Crippen LogP contribution in [0.5, 0.6) is 0 Å². The molecule has 0 radical (unpaired) electrons. The monoisotopic (exact) mass is 404 g/mol. The van der Waals surface area contributed by atoms with Crippen LogP contribution in [0.25, 0.3) is 0 Å². The summed E-state index contributed by atoms with van der Waals surface area (Å²) in [5.41, 5.74) is -1.40. The molecule has 2 rings (SSSR count). The fourth-order valence-electron chi connectivity index (χ4n) is 3.26. The summed E-state index contributed by atoms with van der Waals surface area (Å²) in [4.78, 5) is 26.0. The van der Waals surface area contributed by atoms with Gasteiger partial charge in [0, 0.05) is 6.54 Å². The maximum atomic E-state index is 14.8. The molecule has 2 heterocycles. The van der Waals surface area contributed by atoms with E-state index in [0.29, 0.717) is 0 Å². The lowest BCUT2D eigenvalue weighted by molar-refractivity contribution is -0.150. The number of likely N-dealkylation sites (tertiary alicyclic amines) is 1. The second kappa shape index (κ2) is 7.67. The topological polar surface area (TPSA) is 86.3 Å². The van der Waals surface area contributed by atoms with Crippen molar-refractivity contribution in [3.05, 3.63) is 0 Å². The first-order chi connectivity index (χ1) is 12.6. The van der Waals surface area contributed by atoms with Crippen LogP contribution in [0, 0.1) is 0 Å². The van der Waals surface area contributed by atoms with Crippen LogP contribution >= 0.6 is 0 Å². The minimum absolute atomic E-state index is 0.0154. The lowest BCUT2D eigenvalue weighted by Gasteiger charge is -2.42. The van der Waals surface area contributed by atoms with E-state index in [4.69, 9.17) is 18.9 Å². The highest BCUT2D eigenvalue weighted by Gasteiger charge is 2.55. The van der Waals surface area contributed by atoms with Crippen molar-refractivity contribution in [1.82, 2.24) is 10.2 Å². The Kier molecular flexibility index (Phi) is 6.21. The summed E-state index contributed by atoms with van der Waals surface area (Å²) in [7, 11) is 0. The minimum Gasteiger partial charge on any atom is -0.444 e. The van der Waals surface area contributed by atoms with Crippen LogP contribution in [0.15, 0.2) is 0 Å². The fraction of sp³-hybridized carbons (Fsp3) is 0.895. The smallest absolute Gasteiger partial charge is 0.410 e. The number of nitrogens with one attached hydrogen (secondary N) is 1. The van der Waals surface area contributed by atoms with Crippen LogP contribution in [0.3, 0.4) is 0 Å². The van der Waals surface area contributed by atoms with E-state index in [0.717, 1.165) is 0 Å². The molecule has 2 aliphatic heterocycles. The van der Waals surface area contributed by atoms with Crippen LogP contribution < -0.4 is 5.32 Å². The lowest BCUT2D eigenvalue weighted by Crippen LogP contribution is -2.64. The predicted octanol–water partition coefficient (Wildman–Crippen LogP) is 2.99. The zero-order valence-corrected chi connectivity index (χ0v) is 18.0. The van der Waals surface area contributed by atoms with Gasteiger partial charge in [-0.2, -0.15) is 0 Å². The zero-order valence-electron chi connectivity index (χ0n) is 18.0. The van der Waals surface area contributed by atoms with Gasteiger partial charge in [-0.3, -0.25) is 4.90 Å². The number of nitrogens with zero attached hydrogens (tertiary/aromatic N) is 1. The SMILES string of the molecule is CC(C)(C)OC(=O)NC[C@@H]1[C@H]2OC(C)(C)O[C@@H]2[C@@H](F)CN1C(=O)OC(C)(C)C. The van der Waals surface area contributed by atoms with Crippen molar-refractivity contribution in [2.24, 2.45) is 0 Å². The highest BCUT2D eigenvalue weighted by molar-refractivity contribution is 5.70. The zero-order chi connectivity index (χ0) is 21.5. The number of fused-ring (bicyclic) bond motifs is 1. The van der Waals surface area contributed by atoms with Crippen molar-refractivity contribution in [3.63, 3.8) is 0 Å². The summed E-state index contributed by atoms with van der Waals surface area (Å²) in [6.07, 6.45) is -4.32. The van der Waals surface area contributed by atoms with Crippen molar-refractivity contribution in [1.29, 1.82) is 0 Å². The van der Waals surface area contributed by atoms with Gasteiger partial charge in [0.25, 0.3) is 0 Å². The van der Waals surface area contributed by atoms with Crippen molar-refractivity contribution >= 4 is 12.2 Å². The Bertz CT molecular complexity index is 598. The number of carbonyl (C=O) groups excluding carboxylic acids is 2. The summed E-state index contributed by atoms with van der Waals surface area (Å²) in [6.45, 7) is 13.6. The molecule has 0 aromatic heterocycles. The molecule has 2 amide bonds. The quantitative estimate of drug-likeness (QED) is 0.761. The maximum Gasteiger partial charge on any atom is 0.410 e. The Hall–Kier alpha value is -1.61. The number of carbonyl (C=O) groups is 2. The van der Waals surface area contributed by atoms with E-state index in [1.54, 1.807) is 55.4 Å². The third kappa shape index (κ3) is 5.94. The van der Waals surface area contributed by atoms with E-state index in [-0.39, 0.29) is 13.1 Å². The second-order valence-electron chi connectivity index (χ2n) is 9.66. The highest BCUT2D eigenvalue weighted by atomic mass is 19.1. The molecule has 28 heavy (non-hydrogen) atoms. The van der Waals surface area contributed by atoms with Crippen LogP contribution in [0.4, 0.5) is 14.0 Å². The van der Waals surface area contributed by atoms with E-state index in [9.17, 15) is 14.0 Å². The molecule has 1 N–H and O–H groups in total. The molecule has 0 aliphatic carbocycles. The molecule has 9 heteroatoms. The molecule has 4 atom stereocenters. The average molecular weight is 404 g/mol. The van der Waals surface area contributed by atoms with Gasteiger partial charge in [0.1, 0.15) is 29.6 Å². The summed E-state index contributed by atoms with van der Waals surface area (Å²) >= 11 is 0. The first-order valence-corrected chi connectivity index (χ1v) is 9.54. The molecule has 0 spiro atoms. The molecule has 2 aliphatic rings. The Morgan fingerprint density at radius 2 is 1.61 bits per heavy atom. The third-order valence-corrected chi connectivity index (χ3v) is 4.15. The summed E-state index contributed by atoms with van der Waals surface area (Å²) in [5, 5.41) is 2.64. The number of piperidine rings is 1. The molecule has 0 saturated carbocycles. The number of ether oxygens (including phenoxy) is 4. The molecule has 0 aromatic carbocycles. The lowest BCUT2D eigenvalue weighted by atomic mass is 9.95. The van der Waals surface area contributed by atoms with Crippen LogP contribution in [0.2, 0.25) is 0 Å². The van der Waals surface area contributed by atoms with Crippen molar-refractivity contribution in [2.75, 3.05) is 13.1 Å². The molecule has 8 nitrogen and oxygen atoms in total. The van der Waals surface area contributed by atoms with E-state index in [2.05, 4.69) is 5.32 Å². The summed E-state index contributed by atoms with van der Waals surface area (Å²) in [6, 6.07) is -0.666. The Morgan fingerprint density at radius 1 is 1.07 bits per heavy atom. The van der Waals surface area contributed by atoms with Crippen LogP contribution in [-0.4, -0.2) is 71.6 Å². The standard InChI is InChI=1S/C19H33FN2O6/c1-17(2,3)27-15(23)21-9-12-14-13(25-19(7,8)26-14)11(20)10-22(12)16(24)28-18(4,5)6/h11-14H,9-10H2,1-8H3,(H,21,23)/t11-,12+,13+,14+/m0/s1. The van der Waals surface area contributed by atoms with Crippen molar-refractivity contribution in [3.8, 4) is 0 Å². The van der Waals surface area contributed by atoms with Gasteiger partial charge < -0.3 is 24.3 Å². The number of amides is 2. The van der Waals surface area contributed by atoms with Gasteiger partial charge >= 0.3 is 12.2 Å². The normalized spacial score (nSPS) is 29.8. The number of hydrogen-bond acceptors (Lipinski definition) is 6. The van der Waals surface area contributed by atoms with Crippen molar-refractivity contribution < 1.29 is 32.9 Å². The van der Waals surface area contributed by atoms with Gasteiger partial charge in [-0.1, -0.05) is 0 Å². The average Bonchev–Trinajstić information content (AvgIpc) is 2.78.